The highest BCUT2D eigenvalue weighted by Crippen LogP contribution is 2.42. The van der Waals surface area contributed by atoms with E-state index >= 15 is 0 Å². The minimum absolute atomic E-state index is 0.0422. The summed E-state index contributed by atoms with van der Waals surface area (Å²) in [6, 6.07) is 11.7. The highest BCUT2D eigenvalue weighted by molar-refractivity contribution is 7.99. The lowest BCUT2D eigenvalue weighted by Gasteiger charge is -2.27. The fourth-order valence-corrected chi connectivity index (χ4v) is 5.35. The van der Waals surface area contributed by atoms with Crippen LogP contribution >= 0.6 is 23.1 Å². The summed E-state index contributed by atoms with van der Waals surface area (Å²) in [5, 5.41) is 14.5. The number of hydrogen-bond donors (Lipinski definition) is 1. The number of benzene rings is 1. The summed E-state index contributed by atoms with van der Waals surface area (Å²) < 4.78 is 2.18. The Balaban J connectivity index is 1.39. The van der Waals surface area contributed by atoms with Crippen LogP contribution < -0.4 is 10.2 Å². The summed E-state index contributed by atoms with van der Waals surface area (Å²) in [4.78, 5) is 28.2. The maximum atomic E-state index is 13.2. The molecule has 1 fully saturated rings. The third-order valence-corrected chi connectivity index (χ3v) is 7.06. The Morgan fingerprint density at radius 2 is 2.07 bits per heavy atom. The Morgan fingerprint density at radius 1 is 1.23 bits per heavy atom. The number of thioether (sulfide) groups is 1. The first-order chi connectivity index (χ1) is 14.6. The minimum atomic E-state index is -0.218. The highest BCUT2D eigenvalue weighted by Gasteiger charge is 2.32. The van der Waals surface area contributed by atoms with Crippen molar-refractivity contribution in [2.75, 3.05) is 16.0 Å². The first-order valence-corrected chi connectivity index (χ1v) is 11.8. The zero-order chi connectivity index (χ0) is 20.7. The number of thiophene rings is 1. The molecule has 2 aliphatic rings. The van der Waals surface area contributed by atoms with E-state index in [1.54, 1.807) is 16.2 Å². The van der Waals surface area contributed by atoms with Crippen molar-refractivity contribution in [3.63, 3.8) is 0 Å². The molecule has 3 heterocycles. The molecule has 0 saturated heterocycles. The summed E-state index contributed by atoms with van der Waals surface area (Å²) in [7, 11) is 0. The van der Waals surface area contributed by atoms with Crippen molar-refractivity contribution in [2.24, 2.45) is 0 Å². The molecule has 7 nitrogen and oxygen atoms in total. The summed E-state index contributed by atoms with van der Waals surface area (Å²) in [5.74, 6) is 1.000. The van der Waals surface area contributed by atoms with Gasteiger partial charge in [-0.3, -0.25) is 14.2 Å². The number of rotatable bonds is 5. The van der Waals surface area contributed by atoms with Crippen LogP contribution in [0.4, 0.5) is 11.4 Å². The lowest BCUT2D eigenvalue weighted by Crippen LogP contribution is -2.40. The van der Waals surface area contributed by atoms with Crippen LogP contribution in [0.5, 0.6) is 0 Å². The van der Waals surface area contributed by atoms with Gasteiger partial charge >= 0.3 is 0 Å². The molecule has 1 aromatic carbocycles. The van der Waals surface area contributed by atoms with Crippen molar-refractivity contribution in [3.8, 4) is 10.7 Å². The van der Waals surface area contributed by atoms with Crippen LogP contribution in [0.3, 0.4) is 0 Å². The molecule has 154 valence electrons. The van der Waals surface area contributed by atoms with Crippen LogP contribution in [-0.2, 0) is 9.59 Å². The standard InChI is InChI=1S/C21H21N5O2S2/c1-13-11-18(27)22-15-5-2-3-6-16(15)25(13)19(28)12-30-21-24-23-20(17-7-4-10-29-17)26(21)14-8-9-14/h2-7,10,13-14H,8-9,11-12H2,1H3,(H,22,27). The van der Waals surface area contributed by atoms with E-state index in [9.17, 15) is 9.59 Å². The lowest BCUT2D eigenvalue weighted by atomic mass is 10.2. The molecule has 1 N–H and O–H groups in total. The second kappa shape index (κ2) is 7.88. The zero-order valence-electron chi connectivity index (χ0n) is 16.4. The van der Waals surface area contributed by atoms with E-state index < -0.39 is 0 Å². The number of carbonyl (C=O) groups excluding carboxylic acids is 2. The number of hydrogen-bond acceptors (Lipinski definition) is 6. The van der Waals surface area contributed by atoms with E-state index in [1.807, 2.05) is 48.7 Å². The van der Waals surface area contributed by atoms with Gasteiger partial charge < -0.3 is 10.2 Å². The zero-order valence-corrected chi connectivity index (χ0v) is 18.1. The van der Waals surface area contributed by atoms with Gasteiger partial charge in [-0.2, -0.15) is 0 Å². The third-order valence-electron chi connectivity index (χ3n) is 5.27. The quantitative estimate of drug-likeness (QED) is 0.603. The van der Waals surface area contributed by atoms with E-state index in [-0.39, 0.29) is 30.0 Å². The number of anilines is 2. The Kier molecular flexibility index (Phi) is 5.08. The fourth-order valence-electron chi connectivity index (χ4n) is 3.77. The smallest absolute Gasteiger partial charge is 0.237 e. The number of nitrogens with one attached hydrogen (secondary N) is 1. The number of carbonyl (C=O) groups is 2. The van der Waals surface area contributed by atoms with Crippen LogP contribution in [0.15, 0.2) is 46.9 Å². The number of para-hydroxylation sites is 2. The molecule has 3 aromatic rings. The molecule has 2 amide bonds. The molecule has 5 rings (SSSR count). The lowest BCUT2D eigenvalue weighted by molar-refractivity contribution is -0.117. The van der Waals surface area contributed by atoms with Gasteiger partial charge in [0.25, 0.3) is 0 Å². The number of aromatic nitrogens is 3. The van der Waals surface area contributed by atoms with Crippen molar-refractivity contribution < 1.29 is 9.59 Å². The van der Waals surface area contributed by atoms with Crippen LogP contribution in [0.25, 0.3) is 10.7 Å². The normalized spacial score (nSPS) is 18.6. The van der Waals surface area contributed by atoms with Crippen molar-refractivity contribution in [2.45, 2.75) is 43.4 Å². The molecule has 1 unspecified atom stereocenters. The maximum Gasteiger partial charge on any atom is 0.237 e. The molecule has 0 bridgehead atoms. The van der Waals surface area contributed by atoms with Gasteiger partial charge in [0.1, 0.15) is 0 Å². The Labute approximate surface area is 182 Å². The van der Waals surface area contributed by atoms with Crippen LogP contribution in [0, 0.1) is 0 Å². The summed E-state index contributed by atoms with van der Waals surface area (Å²) in [5.41, 5.74) is 1.41. The molecule has 1 saturated carbocycles. The van der Waals surface area contributed by atoms with E-state index in [4.69, 9.17) is 0 Å². The molecule has 0 radical (unpaired) electrons. The Bertz CT molecular complexity index is 1090. The van der Waals surface area contributed by atoms with Gasteiger partial charge in [0.2, 0.25) is 11.8 Å². The van der Waals surface area contributed by atoms with Crippen molar-refractivity contribution in [1.82, 2.24) is 14.8 Å². The van der Waals surface area contributed by atoms with Crippen molar-refractivity contribution in [1.29, 1.82) is 0 Å². The maximum absolute atomic E-state index is 13.2. The Hall–Kier alpha value is -2.65. The van der Waals surface area contributed by atoms with Crippen molar-refractivity contribution in [3.05, 3.63) is 41.8 Å². The van der Waals surface area contributed by atoms with Gasteiger partial charge in [-0.15, -0.1) is 21.5 Å². The number of fused-ring (bicyclic) bond motifs is 1. The first-order valence-electron chi connectivity index (χ1n) is 9.94. The average molecular weight is 440 g/mol. The molecule has 2 aromatic heterocycles. The second-order valence-electron chi connectivity index (χ2n) is 7.56. The van der Waals surface area contributed by atoms with Crippen LogP contribution in [0.1, 0.15) is 32.2 Å². The first kappa shape index (κ1) is 19.3. The largest absolute Gasteiger partial charge is 0.324 e. The molecular weight excluding hydrogens is 418 g/mol. The van der Waals surface area contributed by atoms with Gasteiger partial charge in [0.15, 0.2) is 11.0 Å². The molecule has 0 spiro atoms. The number of nitrogens with zero attached hydrogens (tertiary/aromatic N) is 4. The minimum Gasteiger partial charge on any atom is -0.324 e. The monoisotopic (exact) mass is 439 g/mol. The SMILES string of the molecule is CC1CC(=O)Nc2ccccc2N1C(=O)CSc1nnc(-c2cccs2)n1C1CC1. The molecule has 30 heavy (non-hydrogen) atoms. The molecular formula is C21H21N5O2S2. The summed E-state index contributed by atoms with van der Waals surface area (Å²) >= 11 is 3.06. The Morgan fingerprint density at radius 3 is 2.83 bits per heavy atom. The van der Waals surface area contributed by atoms with Gasteiger partial charge in [-0.05, 0) is 43.3 Å². The van der Waals surface area contributed by atoms with Gasteiger partial charge in [-0.1, -0.05) is 30.0 Å². The second-order valence-corrected chi connectivity index (χ2v) is 9.45. The predicted octanol–water partition coefficient (Wildman–Crippen LogP) is 4.20. The fraction of sp³-hybridized carbons (Fsp3) is 0.333. The van der Waals surface area contributed by atoms with Crippen molar-refractivity contribution >= 4 is 46.3 Å². The highest BCUT2D eigenvalue weighted by atomic mass is 32.2. The number of amides is 2. The molecule has 1 aliphatic carbocycles. The van der Waals surface area contributed by atoms with E-state index in [2.05, 4.69) is 20.1 Å². The van der Waals surface area contributed by atoms with E-state index in [1.165, 1.54) is 11.8 Å². The predicted molar refractivity (Wildman–Crippen MR) is 119 cm³/mol. The van der Waals surface area contributed by atoms with Gasteiger partial charge in [0, 0.05) is 18.5 Å². The third kappa shape index (κ3) is 3.63. The topological polar surface area (TPSA) is 80.1 Å². The average Bonchev–Trinajstić information content (AvgIpc) is 3.28. The van der Waals surface area contributed by atoms with Crippen LogP contribution in [-0.4, -0.2) is 38.4 Å². The van der Waals surface area contributed by atoms with Crippen LogP contribution in [0.2, 0.25) is 0 Å². The summed E-state index contributed by atoms with van der Waals surface area (Å²) in [6.45, 7) is 1.91. The molecule has 1 atom stereocenters. The van der Waals surface area contributed by atoms with Gasteiger partial charge in [0.05, 0.1) is 22.0 Å². The van der Waals surface area contributed by atoms with Gasteiger partial charge in [-0.25, -0.2) is 0 Å². The molecule has 1 aliphatic heterocycles. The van der Waals surface area contributed by atoms with E-state index in [0.29, 0.717) is 11.7 Å². The van der Waals surface area contributed by atoms with E-state index in [0.717, 1.165) is 34.4 Å². The molecule has 9 heteroatoms. The summed E-state index contributed by atoms with van der Waals surface area (Å²) in [6.07, 6.45) is 2.50.